The van der Waals surface area contributed by atoms with E-state index in [0.29, 0.717) is 5.92 Å². The van der Waals surface area contributed by atoms with Crippen LogP contribution in [0, 0.1) is 0 Å². The highest BCUT2D eigenvalue weighted by Crippen LogP contribution is 2.32. The summed E-state index contributed by atoms with van der Waals surface area (Å²) in [7, 11) is 0. The fourth-order valence-corrected chi connectivity index (χ4v) is 1.95. The predicted octanol–water partition coefficient (Wildman–Crippen LogP) is 4.80. The van der Waals surface area contributed by atoms with Gasteiger partial charge in [-0.25, -0.2) is 0 Å². The third-order valence-electron chi connectivity index (χ3n) is 3.14. The van der Waals surface area contributed by atoms with Crippen LogP contribution in [0.15, 0.2) is 12.3 Å². The molecule has 1 heteroatoms. The van der Waals surface area contributed by atoms with E-state index < -0.39 is 0 Å². The number of rotatable bonds is 1. The van der Waals surface area contributed by atoms with Crippen LogP contribution in [0.5, 0.6) is 0 Å². The maximum absolute atomic E-state index is 4.71. The minimum atomic E-state index is 0.161. The molecule has 0 N–H and O–H groups in total. The van der Waals surface area contributed by atoms with Gasteiger partial charge in [-0.05, 0) is 27.9 Å². The zero-order chi connectivity index (χ0) is 13.4. The molecule has 96 valence electrons. The van der Waals surface area contributed by atoms with Gasteiger partial charge >= 0.3 is 0 Å². The fraction of sp³-hybridized carbons (Fsp3) is 0.688. The first kappa shape index (κ1) is 14.2. The maximum Gasteiger partial charge on any atom is 0.0466 e. The predicted molar refractivity (Wildman–Crippen MR) is 75.7 cm³/mol. The van der Waals surface area contributed by atoms with E-state index in [-0.39, 0.29) is 10.8 Å². The monoisotopic (exact) mass is 233 g/mol. The highest BCUT2D eigenvalue weighted by Gasteiger charge is 2.24. The number of hydrogen-bond donors (Lipinski definition) is 0. The van der Waals surface area contributed by atoms with E-state index in [9.17, 15) is 0 Å². The van der Waals surface area contributed by atoms with Gasteiger partial charge in [-0.2, -0.15) is 0 Å². The quantitative estimate of drug-likeness (QED) is 0.679. The lowest BCUT2D eigenvalue weighted by Crippen LogP contribution is -2.20. The molecule has 0 spiro atoms. The van der Waals surface area contributed by atoms with Crippen LogP contribution in [0.25, 0.3) is 0 Å². The van der Waals surface area contributed by atoms with E-state index in [2.05, 4.69) is 61.5 Å². The van der Waals surface area contributed by atoms with Crippen molar-refractivity contribution in [3.05, 3.63) is 29.1 Å². The van der Waals surface area contributed by atoms with Gasteiger partial charge in [0.25, 0.3) is 0 Å². The van der Waals surface area contributed by atoms with Crippen LogP contribution in [-0.2, 0) is 10.8 Å². The Kier molecular flexibility index (Phi) is 3.71. The van der Waals surface area contributed by atoms with Crippen molar-refractivity contribution in [2.45, 2.75) is 72.1 Å². The second-order valence-corrected chi connectivity index (χ2v) is 7.31. The smallest absolute Gasteiger partial charge is 0.0466 e. The van der Waals surface area contributed by atoms with Crippen LogP contribution in [0.4, 0.5) is 0 Å². The van der Waals surface area contributed by atoms with E-state index in [0.717, 1.165) is 0 Å². The average molecular weight is 233 g/mol. The second-order valence-electron chi connectivity index (χ2n) is 7.31. The summed E-state index contributed by atoms with van der Waals surface area (Å²) in [6.45, 7) is 18.0. The Labute approximate surface area is 107 Å². The zero-order valence-corrected chi connectivity index (χ0v) is 12.7. The Bertz CT molecular complexity index is 389. The summed E-state index contributed by atoms with van der Waals surface area (Å²) in [6, 6.07) is 2.35. The largest absolute Gasteiger partial charge is 0.260 e. The van der Waals surface area contributed by atoms with Crippen LogP contribution in [-0.4, -0.2) is 4.98 Å². The third kappa shape index (κ3) is 3.31. The lowest BCUT2D eigenvalue weighted by atomic mass is 9.79. The molecule has 1 nitrogen and oxygen atoms in total. The first-order valence-electron chi connectivity index (χ1n) is 6.54. The number of nitrogens with zero attached hydrogens (tertiary/aromatic N) is 1. The van der Waals surface area contributed by atoms with Gasteiger partial charge in [-0.15, -0.1) is 0 Å². The van der Waals surface area contributed by atoms with Crippen LogP contribution in [0.2, 0.25) is 0 Å². The SMILES string of the molecule is CC(C)c1ncc(C(C)(C)C)cc1C(C)(C)C. The van der Waals surface area contributed by atoms with Crippen molar-refractivity contribution in [3.63, 3.8) is 0 Å². The molecule has 0 aliphatic heterocycles. The normalized spacial score (nSPS) is 13.2. The van der Waals surface area contributed by atoms with Crippen molar-refractivity contribution in [1.82, 2.24) is 4.98 Å². The molecule has 1 heterocycles. The molecule has 1 aromatic rings. The molecule has 0 amide bonds. The van der Waals surface area contributed by atoms with E-state index in [1.807, 2.05) is 6.20 Å². The molecule has 0 atom stereocenters. The first-order valence-corrected chi connectivity index (χ1v) is 6.54. The average Bonchev–Trinajstić information content (AvgIpc) is 2.14. The lowest BCUT2D eigenvalue weighted by molar-refractivity contribution is 0.550. The van der Waals surface area contributed by atoms with E-state index in [4.69, 9.17) is 4.98 Å². The van der Waals surface area contributed by atoms with Gasteiger partial charge in [0.05, 0.1) is 0 Å². The molecule has 0 unspecified atom stereocenters. The van der Waals surface area contributed by atoms with Crippen LogP contribution in [0.3, 0.4) is 0 Å². The third-order valence-corrected chi connectivity index (χ3v) is 3.14. The van der Waals surface area contributed by atoms with Crippen LogP contribution < -0.4 is 0 Å². The molecule has 0 bridgehead atoms. The molecule has 0 saturated heterocycles. The summed E-state index contributed by atoms with van der Waals surface area (Å²) < 4.78 is 0. The highest BCUT2D eigenvalue weighted by atomic mass is 14.7. The molecule has 0 aliphatic carbocycles. The molecule has 0 radical (unpaired) electrons. The summed E-state index contributed by atoms with van der Waals surface area (Å²) >= 11 is 0. The highest BCUT2D eigenvalue weighted by molar-refractivity contribution is 5.35. The molecular formula is C16H27N. The van der Waals surface area contributed by atoms with Gasteiger partial charge < -0.3 is 0 Å². The summed E-state index contributed by atoms with van der Waals surface area (Å²) in [5, 5.41) is 0. The Morgan fingerprint density at radius 3 is 1.82 bits per heavy atom. The first-order chi connectivity index (χ1) is 7.53. The molecule has 0 aliphatic rings. The second kappa shape index (κ2) is 4.44. The number of pyridine rings is 1. The number of aromatic nitrogens is 1. The minimum Gasteiger partial charge on any atom is -0.260 e. The van der Waals surface area contributed by atoms with Crippen molar-refractivity contribution in [1.29, 1.82) is 0 Å². The molecule has 0 fully saturated rings. The summed E-state index contributed by atoms with van der Waals surface area (Å²) in [6.07, 6.45) is 2.05. The van der Waals surface area contributed by atoms with E-state index in [1.54, 1.807) is 0 Å². The lowest BCUT2D eigenvalue weighted by Gasteiger charge is -2.27. The molecular weight excluding hydrogens is 206 g/mol. The van der Waals surface area contributed by atoms with Gasteiger partial charge in [-0.3, -0.25) is 4.98 Å². The molecule has 0 saturated carbocycles. The van der Waals surface area contributed by atoms with Crippen LogP contribution >= 0.6 is 0 Å². The zero-order valence-electron chi connectivity index (χ0n) is 12.7. The van der Waals surface area contributed by atoms with Crippen molar-refractivity contribution >= 4 is 0 Å². The Hall–Kier alpha value is -0.850. The molecule has 0 aromatic carbocycles. The minimum absolute atomic E-state index is 0.161. The van der Waals surface area contributed by atoms with Gasteiger partial charge in [0, 0.05) is 11.9 Å². The topological polar surface area (TPSA) is 12.9 Å². The molecule has 1 rings (SSSR count). The van der Waals surface area contributed by atoms with E-state index in [1.165, 1.54) is 16.8 Å². The summed E-state index contributed by atoms with van der Waals surface area (Å²) in [4.78, 5) is 4.71. The van der Waals surface area contributed by atoms with Crippen molar-refractivity contribution in [2.75, 3.05) is 0 Å². The molecule has 17 heavy (non-hydrogen) atoms. The molecule has 1 aromatic heterocycles. The Balaban J connectivity index is 3.41. The van der Waals surface area contributed by atoms with Crippen molar-refractivity contribution < 1.29 is 0 Å². The Morgan fingerprint density at radius 2 is 1.47 bits per heavy atom. The van der Waals surface area contributed by atoms with Gasteiger partial charge in [0.15, 0.2) is 0 Å². The standard InChI is InChI=1S/C16H27N/c1-11(2)14-13(16(6,7)8)9-12(10-17-14)15(3,4)5/h9-11H,1-8H3. The van der Waals surface area contributed by atoms with Gasteiger partial charge in [0.1, 0.15) is 0 Å². The van der Waals surface area contributed by atoms with Crippen molar-refractivity contribution in [2.24, 2.45) is 0 Å². The fourth-order valence-electron chi connectivity index (χ4n) is 1.95. The van der Waals surface area contributed by atoms with E-state index >= 15 is 0 Å². The summed E-state index contributed by atoms with van der Waals surface area (Å²) in [5.74, 6) is 0.484. The number of hydrogen-bond acceptors (Lipinski definition) is 1. The van der Waals surface area contributed by atoms with Crippen molar-refractivity contribution in [3.8, 4) is 0 Å². The van der Waals surface area contributed by atoms with Gasteiger partial charge in [0.2, 0.25) is 0 Å². The van der Waals surface area contributed by atoms with Crippen LogP contribution in [0.1, 0.15) is 78.1 Å². The van der Waals surface area contributed by atoms with Gasteiger partial charge in [-0.1, -0.05) is 61.5 Å². The Morgan fingerprint density at radius 1 is 0.941 bits per heavy atom. The summed E-state index contributed by atoms with van der Waals surface area (Å²) in [5.41, 5.74) is 4.29. The maximum atomic E-state index is 4.71.